The Morgan fingerprint density at radius 2 is 1.77 bits per heavy atom. The molecule has 6 nitrogen and oxygen atoms in total. The normalized spacial score (nSPS) is 9.95. The van der Waals surface area contributed by atoms with Gasteiger partial charge in [0, 0.05) is 18.0 Å². The molecule has 0 atom stereocenters. The van der Waals surface area contributed by atoms with Crippen molar-refractivity contribution in [1.82, 2.24) is 4.98 Å². The summed E-state index contributed by atoms with van der Waals surface area (Å²) in [6, 6.07) is 6.71. The zero-order valence-corrected chi connectivity index (χ0v) is 12.7. The first-order chi connectivity index (χ1) is 10.7. The van der Waals surface area contributed by atoms with E-state index < -0.39 is 5.97 Å². The Balaban J connectivity index is 2.19. The largest absolute Gasteiger partial charge is 0.493 e. The van der Waals surface area contributed by atoms with Gasteiger partial charge in [-0.2, -0.15) is 0 Å². The smallest absolute Gasteiger partial charge is 0.338 e. The number of esters is 1. The van der Waals surface area contributed by atoms with Crippen molar-refractivity contribution in [2.45, 2.75) is 6.61 Å². The van der Waals surface area contributed by atoms with Gasteiger partial charge in [0.05, 0.1) is 26.9 Å². The van der Waals surface area contributed by atoms with Gasteiger partial charge in [-0.3, -0.25) is 4.98 Å². The van der Waals surface area contributed by atoms with Crippen LogP contribution in [0.4, 0.5) is 0 Å². The number of nitrogens with zero attached hydrogens (tertiary/aromatic N) is 1. The van der Waals surface area contributed by atoms with E-state index in [1.807, 2.05) is 6.07 Å². The SMILES string of the molecule is COc1cc(C(=O)OCc2cccnc2)cc(OC)c1OC. The van der Waals surface area contributed by atoms with E-state index >= 15 is 0 Å². The summed E-state index contributed by atoms with van der Waals surface area (Å²) in [5.41, 5.74) is 1.13. The monoisotopic (exact) mass is 303 g/mol. The molecule has 2 aromatic rings. The number of hydrogen-bond donors (Lipinski definition) is 0. The van der Waals surface area contributed by atoms with E-state index in [1.54, 1.807) is 30.6 Å². The van der Waals surface area contributed by atoms with Crippen LogP contribution in [0.1, 0.15) is 15.9 Å². The number of methoxy groups -OCH3 is 3. The molecule has 0 aliphatic rings. The molecule has 1 aromatic heterocycles. The van der Waals surface area contributed by atoms with Gasteiger partial charge in [-0.05, 0) is 18.2 Å². The van der Waals surface area contributed by atoms with Crippen LogP contribution in [0.5, 0.6) is 17.2 Å². The molecule has 0 aliphatic heterocycles. The first-order valence-corrected chi connectivity index (χ1v) is 6.55. The molecule has 0 unspecified atom stereocenters. The molecule has 6 heteroatoms. The van der Waals surface area contributed by atoms with Crippen molar-refractivity contribution in [3.8, 4) is 17.2 Å². The Bertz CT molecular complexity index is 617. The molecule has 0 N–H and O–H groups in total. The highest BCUT2D eigenvalue weighted by Gasteiger charge is 2.17. The maximum atomic E-state index is 12.2. The minimum atomic E-state index is -0.483. The second-order valence-electron chi connectivity index (χ2n) is 4.35. The number of aromatic nitrogens is 1. The van der Waals surface area contributed by atoms with E-state index in [9.17, 15) is 4.79 Å². The molecule has 0 amide bonds. The van der Waals surface area contributed by atoms with Gasteiger partial charge in [0.1, 0.15) is 6.61 Å². The third-order valence-corrected chi connectivity index (χ3v) is 2.99. The lowest BCUT2D eigenvalue weighted by Crippen LogP contribution is -2.07. The predicted octanol–water partition coefficient (Wildman–Crippen LogP) is 2.46. The highest BCUT2D eigenvalue weighted by Crippen LogP contribution is 2.38. The Kier molecular flexibility index (Phi) is 5.19. The van der Waals surface area contributed by atoms with Gasteiger partial charge >= 0.3 is 5.97 Å². The molecule has 0 bridgehead atoms. The molecule has 0 spiro atoms. The molecule has 2 rings (SSSR count). The Morgan fingerprint density at radius 3 is 2.27 bits per heavy atom. The summed E-state index contributed by atoms with van der Waals surface area (Å²) in [5, 5.41) is 0. The fourth-order valence-corrected chi connectivity index (χ4v) is 1.91. The van der Waals surface area contributed by atoms with Gasteiger partial charge in [0.2, 0.25) is 5.75 Å². The number of carbonyl (C=O) groups is 1. The molecule has 1 heterocycles. The standard InChI is InChI=1S/C16H17NO5/c1-19-13-7-12(8-14(20-2)15(13)21-3)16(18)22-10-11-5-4-6-17-9-11/h4-9H,10H2,1-3H3. The van der Waals surface area contributed by atoms with E-state index in [1.165, 1.54) is 21.3 Å². The van der Waals surface area contributed by atoms with Crippen molar-refractivity contribution in [1.29, 1.82) is 0 Å². The quantitative estimate of drug-likeness (QED) is 0.764. The highest BCUT2D eigenvalue weighted by atomic mass is 16.5. The topological polar surface area (TPSA) is 66.9 Å². The van der Waals surface area contributed by atoms with Gasteiger partial charge < -0.3 is 18.9 Å². The van der Waals surface area contributed by atoms with Crippen molar-refractivity contribution in [2.75, 3.05) is 21.3 Å². The Morgan fingerprint density at radius 1 is 1.09 bits per heavy atom. The highest BCUT2D eigenvalue weighted by molar-refractivity contribution is 5.91. The van der Waals surface area contributed by atoms with E-state index in [0.717, 1.165) is 5.56 Å². The van der Waals surface area contributed by atoms with Crippen molar-refractivity contribution >= 4 is 5.97 Å². The molecule has 1 aromatic carbocycles. The lowest BCUT2D eigenvalue weighted by molar-refractivity contribution is 0.0471. The van der Waals surface area contributed by atoms with Crippen molar-refractivity contribution < 1.29 is 23.7 Å². The number of rotatable bonds is 6. The van der Waals surface area contributed by atoms with Gasteiger partial charge in [0.15, 0.2) is 11.5 Å². The molecule has 0 radical (unpaired) electrons. The lowest BCUT2D eigenvalue weighted by atomic mass is 10.2. The number of ether oxygens (including phenoxy) is 4. The average molecular weight is 303 g/mol. The van der Waals surface area contributed by atoms with Crippen molar-refractivity contribution in [2.24, 2.45) is 0 Å². The summed E-state index contributed by atoms with van der Waals surface area (Å²) in [6.45, 7) is 0.142. The van der Waals surface area contributed by atoms with Crippen LogP contribution in [0.25, 0.3) is 0 Å². The molecule has 0 fully saturated rings. The minimum Gasteiger partial charge on any atom is -0.493 e. The van der Waals surface area contributed by atoms with Crippen LogP contribution in [0, 0.1) is 0 Å². The van der Waals surface area contributed by atoms with Crippen LogP contribution in [-0.2, 0) is 11.3 Å². The molecule has 116 valence electrons. The first-order valence-electron chi connectivity index (χ1n) is 6.55. The maximum absolute atomic E-state index is 12.2. The molecular weight excluding hydrogens is 286 g/mol. The number of benzene rings is 1. The lowest BCUT2D eigenvalue weighted by Gasteiger charge is -2.13. The van der Waals surface area contributed by atoms with Crippen molar-refractivity contribution in [3.63, 3.8) is 0 Å². The number of carbonyl (C=O) groups excluding carboxylic acids is 1. The minimum absolute atomic E-state index is 0.142. The molecule has 0 aliphatic carbocycles. The van der Waals surface area contributed by atoms with Gasteiger partial charge in [0.25, 0.3) is 0 Å². The van der Waals surface area contributed by atoms with Crippen LogP contribution in [0.3, 0.4) is 0 Å². The molecule has 0 saturated carbocycles. The van der Waals surface area contributed by atoms with Gasteiger partial charge in [-0.25, -0.2) is 4.79 Å². The predicted molar refractivity (Wildman–Crippen MR) is 79.5 cm³/mol. The Hall–Kier alpha value is -2.76. The molecule has 0 saturated heterocycles. The van der Waals surface area contributed by atoms with Crippen LogP contribution < -0.4 is 14.2 Å². The van der Waals surface area contributed by atoms with E-state index in [-0.39, 0.29) is 6.61 Å². The first kappa shape index (κ1) is 15.6. The number of pyridine rings is 1. The summed E-state index contributed by atoms with van der Waals surface area (Å²) in [6.07, 6.45) is 3.30. The van der Waals surface area contributed by atoms with Crippen LogP contribution in [-0.4, -0.2) is 32.3 Å². The van der Waals surface area contributed by atoms with Crippen LogP contribution in [0.15, 0.2) is 36.7 Å². The molecular formula is C16H17NO5. The number of hydrogen-bond acceptors (Lipinski definition) is 6. The average Bonchev–Trinajstić information content (AvgIpc) is 2.59. The fraction of sp³-hybridized carbons (Fsp3) is 0.250. The third-order valence-electron chi connectivity index (χ3n) is 2.99. The van der Waals surface area contributed by atoms with Gasteiger partial charge in [-0.15, -0.1) is 0 Å². The van der Waals surface area contributed by atoms with E-state index in [4.69, 9.17) is 18.9 Å². The fourth-order valence-electron chi connectivity index (χ4n) is 1.91. The summed E-state index contributed by atoms with van der Waals surface area (Å²) in [4.78, 5) is 16.1. The zero-order chi connectivity index (χ0) is 15.9. The summed E-state index contributed by atoms with van der Waals surface area (Å²) in [7, 11) is 4.48. The second kappa shape index (κ2) is 7.31. The second-order valence-corrected chi connectivity index (χ2v) is 4.35. The third kappa shape index (κ3) is 3.46. The summed E-state index contributed by atoms with van der Waals surface area (Å²) >= 11 is 0. The molecule has 22 heavy (non-hydrogen) atoms. The van der Waals surface area contributed by atoms with E-state index in [2.05, 4.69) is 4.98 Å². The summed E-state index contributed by atoms with van der Waals surface area (Å²) < 4.78 is 20.9. The van der Waals surface area contributed by atoms with Crippen LogP contribution in [0.2, 0.25) is 0 Å². The zero-order valence-electron chi connectivity index (χ0n) is 12.7. The van der Waals surface area contributed by atoms with E-state index in [0.29, 0.717) is 22.8 Å². The van der Waals surface area contributed by atoms with Gasteiger partial charge in [-0.1, -0.05) is 6.07 Å². The summed E-state index contributed by atoms with van der Waals surface area (Å²) in [5.74, 6) is 0.738. The maximum Gasteiger partial charge on any atom is 0.338 e. The Labute approximate surface area is 128 Å². The van der Waals surface area contributed by atoms with Crippen molar-refractivity contribution in [3.05, 3.63) is 47.8 Å². The van der Waals surface area contributed by atoms with Crippen LogP contribution >= 0.6 is 0 Å².